The van der Waals surface area contributed by atoms with Crippen molar-refractivity contribution < 1.29 is 8.42 Å². The molecule has 0 spiro atoms. The highest BCUT2D eigenvalue weighted by atomic mass is 35.5. The Hall–Kier alpha value is -0.440. The Balaban J connectivity index is 1.94. The Morgan fingerprint density at radius 3 is 2.68 bits per heavy atom. The van der Waals surface area contributed by atoms with Crippen LogP contribution in [-0.4, -0.2) is 15.0 Å². The summed E-state index contributed by atoms with van der Waals surface area (Å²) in [7, 11) is -3.44. The van der Waals surface area contributed by atoms with E-state index in [-0.39, 0.29) is 4.90 Å². The topological polar surface area (TPSA) is 72.2 Å². The number of hydrogen-bond donors (Lipinski definition) is 2. The number of sulfonamides is 1. The lowest BCUT2D eigenvalue weighted by molar-refractivity contribution is 0.582. The summed E-state index contributed by atoms with van der Waals surface area (Å²) in [5, 5.41) is 1.60. The Bertz CT molecular complexity index is 648. The van der Waals surface area contributed by atoms with Crippen LogP contribution >= 0.6 is 34.3 Å². The van der Waals surface area contributed by atoms with Crippen molar-refractivity contribution in [2.75, 3.05) is 6.54 Å². The van der Waals surface area contributed by atoms with Gasteiger partial charge in [0.1, 0.15) is 0 Å². The molecule has 0 aliphatic heterocycles. The summed E-state index contributed by atoms with van der Waals surface area (Å²) in [5.74, 6) is 0. The van der Waals surface area contributed by atoms with Gasteiger partial charge in [-0.1, -0.05) is 11.6 Å². The molecule has 0 saturated carbocycles. The number of nitrogens with two attached hydrogens (primary N) is 1. The van der Waals surface area contributed by atoms with Gasteiger partial charge in [0.2, 0.25) is 10.0 Å². The minimum absolute atomic E-state index is 0.280. The summed E-state index contributed by atoms with van der Waals surface area (Å²) < 4.78 is 27.3. The Morgan fingerprint density at radius 2 is 2.11 bits per heavy atom. The molecular weight excluding hydrogens is 324 g/mol. The second kappa shape index (κ2) is 6.34. The molecule has 2 aromatic heterocycles. The fourth-order valence-electron chi connectivity index (χ4n) is 1.49. The fourth-order valence-corrected chi connectivity index (χ4v) is 4.76. The number of nitrogens with one attached hydrogen (secondary N) is 1. The van der Waals surface area contributed by atoms with Crippen LogP contribution in [0.15, 0.2) is 28.5 Å². The average Bonchev–Trinajstić information content (AvgIpc) is 2.98. The monoisotopic (exact) mass is 336 g/mol. The third kappa shape index (κ3) is 4.01. The van der Waals surface area contributed by atoms with Gasteiger partial charge in [-0.3, -0.25) is 0 Å². The lowest BCUT2D eigenvalue weighted by atomic mass is 10.3. The summed E-state index contributed by atoms with van der Waals surface area (Å²) in [6.45, 7) is 0.709. The third-order valence-electron chi connectivity index (χ3n) is 2.43. The molecule has 0 bridgehead atoms. The fraction of sp³-hybridized carbons (Fsp3) is 0.273. The van der Waals surface area contributed by atoms with Crippen LogP contribution < -0.4 is 10.5 Å². The van der Waals surface area contributed by atoms with Gasteiger partial charge >= 0.3 is 0 Å². The Morgan fingerprint density at radius 1 is 1.32 bits per heavy atom. The van der Waals surface area contributed by atoms with Gasteiger partial charge in [-0.05, 0) is 24.6 Å². The highest BCUT2D eigenvalue weighted by Crippen LogP contribution is 2.22. The van der Waals surface area contributed by atoms with Gasteiger partial charge in [-0.25, -0.2) is 13.1 Å². The lowest BCUT2D eigenvalue weighted by Gasteiger charge is -2.03. The molecular formula is C11H13ClN2O2S3. The summed E-state index contributed by atoms with van der Waals surface area (Å²) in [5.41, 5.74) is 5.47. The van der Waals surface area contributed by atoms with Crippen molar-refractivity contribution in [3.63, 3.8) is 0 Å². The largest absolute Gasteiger partial charge is 0.326 e. The molecule has 2 heterocycles. The van der Waals surface area contributed by atoms with E-state index in [2.05, 4.69) is 4.72 Å². The molecule has 0 atom stereocenters. The minimum Gasteiger partial charge on any atom is -0.326 e. The molecule has 8 heteroatoms. The van der Waals surface area contributed by atoms with E-state index in [0.717, 1.165) is 9.75 Å². The van der Waals surface area contributed by atoms with E-state index in [1.165, 1.54) is 22.7 Å². The van der Waals surface area contributed by atoms with Crippen molar-refractivity contribution >= 4 is 44.3 Å². The molecule has 0 saturated heterocycles. The highest BCUT2D eigenvalue weighted by Gasteiger charge is 2.15. The number of thiophene rings is 2. The van der Waals surface area contributed by atoms with E-state index in [9.17, 15) is 8.42 Å². The minimum atomic E-state index is -3.44. The molecule has 0 radical (unpaired) electrons. The molecule has 0 amide bonds. The van der Waals surface area contributed by atoms with E-state index in [1.54, 1.807) is 11.4 Å². The standard InChI is InChI=1S/C11H13ClN2O2S3/c12-11-2-1-8(18-11)3-4-14-19(15,16)10-5-9(6-13)17-7-10/h1-2,5,7,14H,3-4,6,13H2. The van der Waals surface area contributed by atoms with Gasteiger partial charge in [-0.2, -0.15) is 0 Å². The van der Waals surface area contributed by atoms with Crippen molar-refractivity contribution in [2.24, 2.45) is 5.73 Å². The maximum Gasteiger partial charge on any atom is 0.241 e. The zero-order chi connectivity index (χ0) is 13.9. The maximum absolute atomic E-state index is 12.0. The van der Waals surface area contributed by atoms with Crippen LogP contribution in [0.5, 0.6) is 0 Å². The summed E-state index contributed by atoms with van der Waals surface area (Å²) in [6.07, 6.45) is 0.629. The Labute approximate surface area is 125 Å². The van der Waals surface area contributed by atoms with Gasteiger partial charge < -0.3 is 5.73 Å². The van der Waals surface area contributed by atoms with Gasteiger partial charge in [0.05, 0.1) is 9.23 Å². The van der Waals surface area contributed by atoms with Crippen molar-refractivity contribution in [3.8, 4) is 0 Å². The maximum atomic E-state index is 12.0. The Kier molecular flexibility index (Phi) is 4.99. The second-order valence-electron chi connectivity index (χ2n) is 3.81. The first-order valence-electron chi connectivity index (χ1n) is 5.52. The zero-order valence-corrected chi connectivity index (χ0v) is 13.1. The number of hydrogen-bond acceptors (Lipinski definition) is 5. The van der Waals surface area contributed by atoms with E-state index < -0.39 is 10.0 Å². The molecule has 4 nitrogen and oxygen atoms in total. The summed E-state index contributed by atoms with van der Waals surface area (Å²) in [4.78, 5) is 2.19. The van der Waals surface area contributed by atoms with Crippen LogP contribution in [0.1, 0.15) is 9.75 Å². The quantitative estimate of drug-likeness (QED) is 0.851. The number of halogens is 1. The molecule has 0 aliphatic rings. The molecule has 0 fully saturated rings. The smallest absolute Gasteiger partial charge is 0.241 e. The highest BCUT2D eigenvalue weighted by molar-refractivity contribution is 7.89. The lowest BCUT2D eigenvalue weighted by Crippen LogP contribution is -2.25. The van der Waals surface area contributed by atoms with E-state index in [0.29, 0.717) is 23.8 Å². The van der Waals surface area contributed by atoms with Gasteiger partial charge in [-0.15, -0.1) is 22.7 Å². The van der Waals surface area contributed by atoms with E-state index in [1.807, 2.05) is 12.1 Å². The predicted molar refractivity (Wildman–Crippen MR) is 80.4 cm³/mol. The summed E-state index contributed by atoms with van der Waals surface area (Å²) >= 11 is 8.62. The number of rotatable bonds is 6. The molecule has 0 unspecified atom stereocenters. The SMILES string of the molecule is NCc1cc(S(=O)(=O)NCCc2ccc(Cl)s2)cs1. The van der Waals surface area contributed by atoms with Crippen molar-refractivity contribution in [3.05, 3.63) is 37.7 Å². The molecule has 0 aromatic carbocycles. The second-order valence-corrected chi connectivity index (χ2v) is 8.37. The van der Waals surface area contributed by atoms with Crippen LogP contribution in [0.3, 0.4) is 0 Å². The molecule has 2 rings (SSSR count). The van der Waals surface area contributed by atoms with Gasteiger partial charge in [0, 0.05) is 28.2 Å². The van der Waals surface area contributed by atoms with Crippen LogP contribution in [-0.2, 0) is 23.0 Å². The van der Waals surface area contributed by atoms with E-state index in [4.69, 9.17) is 17.3 Å². The van der Waals surface area contributed by atoms with Crippen molar-refractivity contribution in [2.45, 2.75) is 17.9 Å². The van der Waals surface area contributed by atoms with Crippen LogP contribution in [0, 0.1) is 0 Å². The summed E-state index contributed by atoms with van der Waals surface area (Å²) in [6, 6.07) is 5.32. The van der Waals surface area contributed by atoms with Crippen LogP contribution in [0.25, 0.3) is 0 Å². The first-order valence-corrected chi connectivity index (χ1v) is 9.08. The van der Waals surface area contributed by atoms with Gasteiger partial charge in [0.25, 0.3) is 0 Å². The van der Waals surface area contributed by atoms with Crippen LogP contribution in [0.2, 0.25) is 4.34 Å². The molecule has 3 N–H and O–H groups in total. The van der Waals surface area contributed by atoms with Gasteiger partial charge in [0.15, 0.2) is 0 Å². The average molecular weight is 337 g/mol. The first-order chi connectivity index (χ1) is 9.01. The predicted octanol–water partition coefficient (Wildman–Crippen LogP) is 2.44. The first kappa shape index (κ1) is 15.0. The van der Waals surface area contributed by atoms with Crippen LogP contribution in [0.4, 0.5) is 0 Å². The molecule has 2 aromatic rings. The van der Waals surface area contributed by atoms with E-state index >= 15 is 0 Å². The molecule has 104 valence electrons. The van der Waals surface area contributed by atoms with Crippen molar-refractivity contribution in [1.82, 2.24) is 4.72 Å². The third-order valence-corrected chi connectivity index (χ3v) is 6.27. The zero-order valence-electron chi connectivity index (χ0n) is 9.93. The normalized spacial score (nSPS) is 11.9. The van der Waals surface area contributed by atoms with Crippen molar-refractivity contribution in [1.29, 1.82) is 0 Å². The molecule has 19 heavy (non-hydrogen) atoms. The molecule has 0 aliphatic carbocycles.